The first kappa shape index (κ1) is 20.4. The highest BCUT2D eigenvalue weighted by molar-refractivity contribution is 5.92. The van der Waals surface area contributed by atoms with Crippen molar-refractivity contribution in [1.29, 1.82) is 0 Å². The monoisotopic (exact) mass is 394 g/mol. The number of rotatable bonds is 8. The van der Waals surface area contributed by atoms with E-state index in [4.69, 9.17) is 9.47 Å². The Balaban J connectivity index is 1.63. The number of anilines is 1. The van der Waals surface area contributed by atoms with E-state index in [0.29, 0.717) is 17.2 Å². The van der Waals surface area contributed by atoms with Gasteiger partial charge in [-0.15, -0.1) is 0 Å². The molecule has 0 saturated carbocycles. The number of carbonyl (C=O) groups excluding carboxylic acids is 1. The predicted octanol–water partition coefficient (Wildman–Crippen LogP) is 3.73. The molecule has 1 heterocycles. The van der Waals surface area contributed by atoms with Gasteiger partial charge in [0.2, 0.25) is 5.91 Å². The normalized spacial score (nSPS) is 11.9. The summed E-state index contributed by atoms with van der Waals surface area (Å²) in [6, 6.07) is 17.3. The van der Waals surface area contributed by atoms with Crippen LogP contribution in [-0.4, -0.2) is 48.8 Å². The molecule has 0 unspecified atom stereocenters. The molecule has 0 fully saturated rings. The molecule has 29 heavy (non-hydrogen) atoms. The molecule has 3 rings (SSSR count). The number of likely N-dealkylation sites (N-methyl/N-ethyl adjacent to an activating group) is 1. The maximum absolute atomic E-state index is 12.5. The molecule has 0 radical (unpaired) electrons. The van der Waals surface area contributed by atoms with Gasteiger partial charge in [0.25, 0.3) is 0 Å². The number of nitrogens with one attached hydrogen (secondary N) is 2. The number of hydrogen-bond acceptors (Lipinski definition) is 5. The summed E-state index contributed by atoms with van der Waals surface area (Å²) in [6.45, 7) is 2.25. The molecule has 3 aromatic rings. The number of nitrogens with zero attached hydrogens (tertiary/aromatic N) is 2. The molecular formula is C22H26N4O3. The first-order chi connectivity index (χ1) is 14.0. The van der Waals surface area contributed by atoms with E-state index >= 15 is 0 Å². The van der Waals surface area contributed by atoms with E-state index in [2.05, 4.69) is 15.5 Å². The third-order valence-electron chi connectivity index (χ3n) is 4.81. The molecule has 2 N–H and O–H groups in total. The van der Waals surface area contributed by atoms with E-state index in [9.17, 15) is 4.79 Å². The lowest BCUT2D eigenvalue weighted by Crippen LogP contribution is -2.32. The fourth-order valence-corrected chi connectivity index (χ4v) is 2.99. The van der Waals surface area contributed by atoms with E-state index in [1.165, 1.54) is 0 Å². The highest BCUT2D eigenvalue weighted by Crippen LogP contribution is 2.26. The van der Waals surface area contributed by atoms with Gasteiger partial charge in [0.15, 0.2) is 0 Å². The summed E-state index contributed by atoms with van der Waals surface area (Å²) in [7, 11) is 5.05. The van der Waals surface area contributed by atoms with Crippen LogP contribution in [0.2, 0.25) is 0 Å². The van der Waals surface area contributed by atoms with Gasteiger partial charge in [-0.2, -0.15) is 5.10 Å². The number of methoxy groups -OCH3 is 2. The fraction of sp³-hybridized carbons (Fsp3) is 0.273. The molecule has 0 aliphatic carbocycles. The molecule has 1 aromatic heterocycles. The second kappa shape index (κ2) is 9.25. The Morgan fingerprint density at radius 2 is 1.76 bits per heavy atom. The molecule has 0 bridgehead atoms. The standard InChI is InChI=1S/C22H26N4O3/c1-15(20-13-21(25-24-20)16-8-6-5-7-9-16)26(2)14-22(27)23-17-10-18(28-3)12-19(11-17)29-4/h5-13,15H,14H2,1-4H3,(H,23,27)(H,24,25)/t15-/m0/s1. The largest absolute Gasteiger partial charge is 0.497 e. The number of H-pyrrole nitrogens is 1. The van der Waals surface area contributed by atoms with Gasteiger partial charge in [-0.25, -0.2) is 0 Å². The smallest absolute Gasteiger partial charge is 0.238 e. The molecule has 1 amide bonds. The summed E-state index contributed by atoms with van der Waals surface area (Å²) < 4.78 is 10.5. The zero-order valence-electron chi connectivity index (χ0n) is 17.1. The summed E-state index contributed by atoms with van der Waals surface area (Å²) >= 11 is 0. The number of aromatic nitrogens is 2. The van der Waals surface area contributed by atoms with Crippen molar-refractivity contribution in [2.45, 2.75) is 13.0 Å². The average Bonchev–Trinajstić information content (AvgIpc) is 3.23. The Labute approximate surface area is 170 Å². The van der Waals surface area contributed by atoms with Crippen LogP contribution in [0.4, 0.5) is 5.69 Å². The highest BCUT2D eigenvalue weighted by Gasteiger charge is 2.18. The van der Waals surface area contributed by atoms with E-state index in [0.717, 1.165) is 17.0 Å². The molecule has 152 valence electrons. The van der Waals surface area contributed by atoms with Crippen LogP contribution in [0.5, 0.6) is 11.5 Å². The first-order valence-corrected chi connectivity index (χ1v) is 9.34. The third-order valence-corrected chi connectivity index (χ3v) is 4.81. The lowest BCUT2D eigenvalue weighted by Gasteiger charge is -2.23. The highest BCUT2D eigenvalue weighted by atomic mass is 16.5. The number of ether oxygens (including phenoxy) is 2. The van der Waals surface area contributed by atoms with E-state index in [1.807, 2.05) is 55.3 Å². The van der Waals surface area contributed by atoms with Crippen molar-refractivity contribution in [2.75, 3.05) is 33.1 Å². The second-order valence-corrected chi connectivity index (χ2v) is 6.82. The van der Waals surface area contributed by atoms with Crippen LogP contribution in [0.1, 0.15) is 18.7 Å². The number of hydrogen-bond donors (Lipinski definition) is 2. The Kier molecular flexibility index (Phi) is 6.51. The topological polar surface area (TPSA) is 79.5 Å². The average molecular weight is 394 g/mol. The molecular weight excluding hydrogens is 368 g/mol. The second-order valence-electron chi connectivity index (χ2n) is 6.82. The number of benzene rings is 2. The molecule has 0 aliphatic rings. The van der Waals surface area contributed by atoms with E-state index in [-0.39, 0.29) is 18.5 Å². The summed E-state index contributed by atoms with van der Waals surface area (Å²) in [4.78, 5) is 14.5. The van der Waals surface area contributed by atoms with Crippen molar-refractivity contribution in [2.24, 2.45) is 0 Å². The molecule has 0 saturated heterocycles. The minimum Gasteiger partial charge on any atom is -0.497 e. The zero-order valence-corrected chi connectivity index (χ0v) is 17.1. The van der Waals surface area contributed by atoms with Crippen molar-refractivity contribution in [3.8, 4) is 22.8 Å². The van der Waals surface area contributed by atoms with Crippen molar-refractivity contribution in [1.82, 2.24) is 15.1 Å². The van der Waals surface area contributed by atoms with Crippen LogP contribution in [0.3, 0.4) is 0 Å². The predicted molar refractivity (Wildman–Crippen MR) is 113 cm³/mol. The van der Waals surface area contributed by atoms with Crippen molar-refractivity contribution in [3.05, 3.63) is 60.3 Å². The van der Waals surface area contributed by atoms with Gasteiger partial charge in [0.05, 0.1) is 32.2 Å². The van der Waals surface area contributed by atoms with Gasteiger partial charge in [-0.05, 0) is 20.0 Å². The molecule has 2 aromatic carbocycles. The van der Waals surface area contributed by atoms with Crippen LogP contribution in [0, 0.1) is 0 Å². The van der Waals surface area contributed by atoms with Crippen molar-refractivity contribution < 1.29 is 14.3 Å². The minimum absolute atomic E-state index is 0.00874. The number of carbonyl (C=O) groups is 1. The van der Waals surface area contributed by atoms with Crippen LogP contribution < -0.4 is 14.8 Å². The van der Waals surface area contributed by atoms with Gasteiger partial charge >= 0.3 is 0 Å². The minimum atomic E-state index is -0.127. The van der Waals surface area contributed by atoms with Crippen LogP contribution in [0.15, 0.2) is 54.6 Å². The van der Waals surface area contributed by atoms with Gasteiger partial charge in [0, 0.05) is 35.5 Å². The molecule has 7 heteroatoms. The number of amides is 1. The lowest BCUT2D eigenvalue weighted by atomic mass is 10.1. The maximum atomic E-state index is 12.5. The Morgan fingerprint density at radius 1 is 1.10 bits per heavy atom. The molecule has 0 aliphatic heterocycles. The van der Waals surface area contributed by atoms with Crippen LogP contribution >= 0.6 is 0 Å². The van der Waals surface area contributed by atoms with Gasteiger partial charge in [-0.3, -0.25) is 14.8 Å². The maximum Gasteiger partial charge on any atom is 0.238 e. The van der Waals surface area contributed by atoms with Crippen molar-refractivity contribution >= 4 is 11.6 Å². The summed E-state index contributed by atoms with van der Waals surface area (Å²) in [6.07, 6.45) is 0. The van der Waals surface area contributed by atoms with Crippen LogP contribution in [0.25, 0.3) is 11.3 Å². The Bertz CT molecular complexity index is 933. The first-order valence-electron chi connectivity index (χ1n) is 9.34. The van der Waals surface area contributed by atoms with Gasteiger partial charge in [0.1, 0.15) is 11.5 Å². The third kappa shape index (κ3) is 5.14. The number of aromatic amines is 1. The zero-order chi connectivity index (χ0) is 20.8. The van der Waals surface area contributed by atoms with Gasteiger partial charge < -0.3 is 14.8 Å². The molecule has 1 atom stereocenters. The molecule has 7 nitrogen and oxygen atoms in total. The summed E-state index contributed by atoms with van der Waals surface area (Å²) in [5.74, 6) is 1.11. The Hall–Kier alpha value is -3.32. The lowest BCUT2D eigenvalue weighted by molar-refractivity contribution is -0.117. The molecule has 0 spiro atoms. The summed E-state index contributed by atoms with van der Waals surface area (Å²) in [5, 5.41) is 10.4. The van der Waals surface area contributed by atoms with Crippen molar-refractivity contribution in [3.63, 3.8) is 0 Å². The quantitative estimate of drug-likeness (QED) is 0.609. The summed E-state index contributed by atoms with van der Waals surface area (Å²) in [5.41, 5.74) is 3.51. The van der Waals surface area contributed by atoms with Crippen LogP contribution in [-0.2, 0) is 4.79 Å². The van der Waals surface area contributed by atoms with E-state index < -0.39 is 0 Å². The Morgan fingerprint density at radius 3 is 2.38 bits per heavy atom. The van der Waals surface area contributed by atoms with Gasteiger partial charge in [-0.1, -0.05) is 30.3 Å². The SMILES string of the molecule is COc1cc(NC(=O)CN(C)[C@@H](C)c2cc(-c3ccccc3)n[nH]2)cc(OC)c1. The van der Waals surface area contributed by atoms with E-state index in [1.54, 1.807) is 32.4 Å². The fourth-order valence-electron chi connectivity index (χ4n) is 2.99.